The highest BCUT2D eigenvalue weighted by Crippen LogP contribution is 2.24. The van der Waals surface area contributed by atoms with Crippen molar-refractivity contribution < 1.29 is 45.5 Å². The largest absolute Gasteiger partial charge is 0.435 e. The van der Waals surface area contributed by atoms with Gasteiger partial charge < -0.3 is 24.1 Å². The Morgan fingerprint density at radius 3 is 2.40 bits per heavy atom. The van der Waals surface area contributed by atoms with E-state index in [1.54, 1.807) is 30.3 Å². The first-order valence-corrected chi connectivity index (χ1v) is 14.7. The zero-order valence-electron chi connectivity index (χ0n) is 22.3. The Bertz CT molecular complexity index is 1490. The molecule has 3 aromatic rings. The van der Waals surface area contributed by atoms with E-state index < -0.39 is 64.4 Å². The van der Waals surface area contributed by atoms with Crippen LogP contribution in [-0.2, 0) is 29.9 Å². The Morgan fingerprint density at radius 2 is 1.69 bits per heavy atom. The summed E-state index contributed by atoms with van der Waals surface area (Å²) in [5.41, 5.74) is 0.553. The molecule has 1 atom stereocenters. The summed E-state index contributed by atoms with van der Waals surface area (Å²) >= 11 is 0. The van der Waals surface area contributed by atoms with E-state index in [2.05, 4.69) is 20.3 Å². The zero-order valence-corrected chi connectivity index (χ0v) is 23.1. The molecule has 42 heavy (non-hydrogen) atoms. The lowest BCUT2D eigenvalue weighted by Gasteiger charge is -2.28. The van der Waals surface area contributed by atoms with Crippen LogP contribution in [0.3, 0.4) is 0 Å². The van der Waals surface area contributed by atoms with Crippen molar-refractivity contribution in [1.29, 1.82) is 0 Å². The van der Waals surface area contributed by atoms with Crippen molar-refractivity contribution in [2.45, 2.75) is 18.8 Å². The van der Waals surface area contributed by atoms with Gasteiger partial charge in [-0.25, -0.2) is 8.42 Å². The van der Waals surface area contributed by atoms with Crippen LogP contribution in [0.25, 0.3) is 11.5 Å². The average Bonchev–Trinajstić information content (AvgIpc) is 3.47. The molecule has 0 spiro atoms. The van der Waals surface area contributed by atoms with Crippen molar-refractivity contribution in [3.05, 3.63) is 66.1 Å². The van der Waals surface area contributed by atoms with Gasteiger partial charge in [-0.1, -0.05) is 36.4 Å². The molecule has 0 aliphatic carbocycles. The van der Waals surface area contributed by atoms with Crippen molar-refractivity contribution >= 4 is 27.4 Å². The standard InChI is InChI=1S/C27H28F2N4O8S/c28-27(29)40-22-9-5-4-8-19(22)16-42(37,38)17-20(14-23(35)33-10-12-39-13-11-33)24(36)30-15-21(34)26-32-31-25(41-26)18-6-2-1-3-7-18/h1-9,20,27H,10-17H2,(H,30,36). The summed E-state index contributed by atoms with van der Waals surface area (Å²) in [6.07, 6.45) is -0.465. The van der Waals surface area contributed by atoms with Crippen molar-refractivity contribution in [2.75, 3.05) is 38.6 Å². The molecule has 12 nitrogen and oxygen atoms in total. The maximum Gasteiger partial charge on any atom is 0.387 e. The number of ether oxygens (including phenoxy) is 2. The van der Waals surface area contributed by atoms with Gasteiger partial charge in [0.2, 0.25) is 23.5 Å². The number of carbonyl (C=O) groups excluding carboxylic acids is 3. The summed E-state index contributed by atoms with van der Waals surface area (Å²) in [5, 5.41) is 9.90. The maximum atomic E-state index is 13.2. The van der Waals surface area contributed by atoms with Gasteiger partial charge in [0.05, 0.1) is 37.2 Å². The van der Waals surface area contributed by atoms with E-state index in [9.17, 15) is 31.6 Å². The zero-order chi connectivity index (χ0) is 30.1. The lowest BCUT2D eigenvalue weighted by molar-refractivity contribution is -0.138. The van der Waals surface area contributed by atoms with E-state index in [4.69, 9.17) is 9.15 Å². The van der Waals surface area contributed by atoms with Gasteiger partial charge in [0, 0.05) is 30.6 Å². The molecule has 1 aliphatic rings. The number of nitrogens with zero attached hydrogens (tertiary/aromatic N) is 3. The number of sulfone groups is 1. The second-order valence-corrected chi connectivity index (χ2v) is 11.5. The van der Waals surface area contributed by atoms with Gasteiger partial charge in [-0.05, 0) is 18.2 Å². The quantitative estimate of drug-likeness (QED) is 0.286. The SMILES string of the molecule is O=C(CNC(=O)C(CC(=O)N1CCOCC1)CS(=O)(=O)Cc1ccccc1OC(F)F)c1nnc(-c2ccccc2)o1. The lowest BCUT2D eigenvalue weighted by atomic mass is 10.1. The van der Waals surface area contributed by atoms with Gasteiger partial charge in [0.25, 0.3) is 5.89 Å². The Kier molecular flexibility index (Phi) is 10.3. The van der Waals surface area contributed by atoms with Crippen molar-refractivity contribution in [1.82, 2.24) is 20.4 Å². The summed E-state index contributed by atoms with van der Waals surface area (Å²) in [6, 6.07) is 14.1. The number of carbonyl (C=O) groups is 3. The molecule has 1 fully saturated rings. The number of para-hydroxylation sites is 1. The summed E-state index contributed by atoms with van der Waals surface area (Å²) in [7, 11) is -4.14. The van der Waals surface area contributed by atoms with Crippen LogP contribution in [-0.4, -0.2) is 86.3 Å². The number of ketones is 1. The number of benzene rings is 2. The number of alkyl halides is 2. The first-order valence-electron chi connectivity index (χ1n) is 12.9. The Labute approximate surface area is 239 Å². The molecule has 0 bridgehead atoms. The van der Waals surface area contributed by atoms with Crippen LogP contribution in [0, 0.1) is 5.92 Å². The van der Waals surface area contributed by atoms with Crippen LogP contribution in [0.5, 0.6) is 5.75 Å². The Balaban J connectivity index is 1.45. The molecule has 2 aromatic carbocycles. The molecular weight excluding hydrogens is 578 g/mol. The van der Waals surface area contributed by atoms with Gasteiger partial charge >= 0.3 is 6.61 Å². The van der Waals surface area contributed by atoms with Gasteiger partial charge in [0.15, 0.2) is 9.84 Å². The average molecular weight is 607 g/mol. The second kappa shape index (κ2) is 14.1. The van der Waals surface area contributed by atoms with Gasteiger partial charge in [-0.15, -0.1) is 10.2 Å². The van der Waals surface area contributed by atoms with E-state index in [0.29, 0.717) is 18.8 Å². The van der Waals surface area contributed by atoms with Crippen LogP contribution in [0.1, 0.15) is 22.7 Å². The van der Waals surface area contributed by atoms with Crippen molar-refractivity contribution in [3.63, 3.8) is 0 Å². The molecule has 4 rings (SSSR count). The smallest absolute Gasteiger partial charge is 0.387 e. The van der Waals surface area contributed by atoms with Crippen LogP contribution < -0.4 is 10.1 Å². The van der Waals surface area contributed by atoms with Crippen molar-refractivity contribution in [2.24, 2.45) is 5.92 Å². The van der Waals surface area contributed by atoms with E-state index in [-0.39, 0.29) is 36.2 Å². The van der Waals surface area contributed by atoms with Crippen LogP contribution in [0.2, 0.25) is 0 Å². The fourth-order valence-electron chi connectivity index (χ4n) is 4.24. The second-order valence-electron chi connectivity index (χ2n) is 9.35. The third-order valence-electron chi connectivity index (χ3n) is 6.28. The lowest BCUT2D eigenvalue weighted by Crippen LogP contribution is -2.44. The Hall–Kier alpha value is -4.24. The first kappa shape index (κ1) is 30.7. The topological polar surface area (TPSA) is 158 Å². The highest BCUT2D eigenvalue weighted by molar-refractivity contribution is 7.90. The third-order valence-corrected chi connectivity index (χ3v) is 7.94. The normalized spacial score (nSPS) is 14.4. The van der Waals surface area contributed by atoms with E-state index >= 15 is 0 Å². The fraction of sp³-hybridized carbons (Fsp3) is 0.370. The molecule has 2 heterocycles. The molecular formula is C27H28F2N4O8S. The fourth-order valence-corrected chi connectivity index (χ4v) is 5.95. The third kappa shape index (κ3) is 8.63. The van der Waals surface area contributed by atoms with Crippen LogP contribution in [0.15, 0.2) is 59.0 Å². The predicted molar refractivity (Wildman–Crippen MR) is 143 cm³/mol. The van der Waals surface area contributed by atoms with Crippen LogP contribution >= 0.6 is 0 Å². The maximum absolute atomic E-state index is 13.2. The molecule has 1 aliphatic heterocycles. The molecule has 224 valence electrons. The molecule has 0 radical (unpaired) electrons. The van der Waals surface area contributed by atoms with Crippen molar-refractivity contribution in [3.8, 4) is 17.2 Å². The van der Waals surface area contributed by atoms with E-state index in [1.165, 1.54) is 29.2 Å². The highest BCUT2D eigenvalue weighted by Gasteiger charge is 2.31. The number of halogens is 2. The molecule has 1 aromatic heterocycles. The number of hydrogen-bond acceptors (Lipinski definition) is 10. The van der Waals surface area contributed by atoms with Gasteiger partial charge in [0.1, 0.15) is 5.75 Å². The molecule has 0 saturated carbocycles. The molecule has 2 amide bonds. The number of morpholine rings is 1. The number of rotatable bonds is 13. The molecule has 1 N–H and O–H groups in total. The summed E-state index contributed by atoms with van der Waals surface area (Å²) < 4.78 is 67.0. The Morgan fingerprint density at radius 1 is 1.00 bits per heavy atom. The van der Waals surface area contributed by atoms with E-state index in [0.717, 1.165) is 0 Å². The minimum atomic E-state index is -4.14. The monoisotopic (exact) mass is 606 g/mol. The summed E-state index contributed by atoms with van der Waals surface area (Å²) in [4.78, 5) is 40.2. The van der Waals surface area contributed by atoms with Gasteiger partial charge in [-0.3, -0.25) is 14.4 Å². The minimum Gasteiger partial charge on any atom is -0.435 e. The highest BCUT2D eigenvalue weighted by atomic mass is 32.2. The molecule has 15 heteroatoms. The number of aromatic nitrogens is 2. The first-order chi connectivity index (χ1) is 20.1. The minimum absolute atomic E-state index is 0.0303. The summed E-state index contributed by atoms with van der Waals surface area (Å²) in [5.74, 6) is -5.53. The van der Waals surface area contributed by atoms with Gasteiger partial charge in [-0.2, -0.15) is 8.78 Å². The van der Waals surface area contributed by atoms with E-state index in [1.807, 2.05) is 0 Å². The molecule has 1 saturated heterocycles. The number of Topliss-reactive ketones (excluding diaryl/α,β-unsaturated/α-hetero) is 1. The number of hydrogen-bond donors (Lipinski definition) is 1. The molecule has 1 unspecified atom stereocenters. The number of amides is 2. The predicted octanol–water partition coefficient (Wildman–Crippen LogP) is 2.12. The summed E-state index contributed by atoms with van der Waals surface area (Å²) in [6.45, 7) is -2.62. The number of nitrogens with one attached hydrogen (secondary N) is 1. The van der Waals surface area contributed by atoms with Crippen LogP contribution in [0.4, 0.5) is 8.78 Å².